The Morgan fingerprint density at radius 3 is 2.73 bits per heavy atom. The van der Waals surface area contributed by atoms with Crippen molar-refractivity contribution in [2.75, 3.05) is 5.32 Å². The number of hydrogen-bond donors (Lipinski definition) is 1. The molecule has 148 valence electrons. The number of aromatic nitrogens is 2. The summed E-state index contributed by atoms with van der Waals surface area (Å²) >= 11 is 1.59. The minimum atomic E-state index is -0.419. The van der Waals surface area contributed by atoms with Gasteiger partial charge in [-0.1, -0.05) is 5.16 Å². The molecule has 5 rings (SSSR count). The molecule has 0 saturated heterocycles. The molecule has 0 radical (unpaired) electrons. The van der Waals surface area contributed by atoms with Crippen molar-refractivity contribution in [2.45, 2.75) is 13.8 Å². The summed E-state index contributed by atoms with van der Waals surface area (Å²) in [4.78, 5) is 31.2. The SMILES string of the molecule is Cc1ccc(-c2cc(C(=O)Nc3ccc4oc(=O)ccc4c3)c3c(C)noc3n2)s1. The van der Waals surface area contributed by atoms with Gasteiger partial charge in [-0.3, -0.25) is 4.79 Å². The van der Waals surface area contributed by atoms with E-state index in [2.05, 4.69) is 15.5 Å². The molecule has 0 spiro atoms. The van der Waals surface area contributed by atoms with Crippen molar-refractivity contribution in [3.05, 3.63) is 75.1 Å². The first kappa shape index (κ1) is 18.3. The Bertz CT molecular complexity index is 1500. The summed E-state index contributed by atoms with van der Waals surface area (Å²) in [6.45, 7) is 3.79. The number of benzene rings is 1. The van der Waals surface area contributed by atoms with E-state index in [1.54, 1.807) is 48.6 Å². The van der Waals surface area contributed by atoms with Gasteiger partial charge in [-0.05, 0) is 56.3 Å². The highest BCUT2D eigenvalue weighted by atomic mass is 32.1. The summed E-state index contributed by atoms with van der Waals surface area (Å²) in [5, 5.41) is 8.18. The monoisotopic (exact) mass is 417 g/mol. The number of thiophene rings is 1. The minimum Gasteiger partial charge on any atom is -0.423 e. The van der Waals surface area contributed by atoms with Gasteiger partial charge >= 0.3 is 5.63 Å². The molecule has 0 bridgehead atoms. The second-order valence-corrected chi connectivity index (χ2v) is 8.16. The van der Waals surface area contributed by atoms with E-state index in [9.17, 15) is 9.59 Å². The number of rotatable bonds is 3. The van der Waals surface area contributed by atoms with Crippen molar-refractivity contribution in [3.63, 3.8) is 0 Å². The highest BCUT2D eigenvalue weighted by Gasteiger charge is 2.20. The zero-order valence-electron chi connectivity index (χ0n) is 16.1. The second-order valence-electron chi connectivity index (χ2n) is 6.87. The third kappa shape index (κ3) is 3.17. The van der Waals surface area contributed by atoms with Crippen molar-refractivity contribution >= 4 is 45.0 Å². The van der Waals surface area contributed by atoms with Gasteiger partial charge < -0.3 is 14.3 Å². The van der Waals surface area contributed by atoms with Crippen molar-refractivity contribution in [3.8, 4) is 10.6 Å². The van der Waals surface area contributed by atoms with E-state index < -0.39 is 5.63 Å². The van der Waals surface area contributed by atoms with Crippen LogP contribution in [0.25, 0.3) is 32.6 Å². The number of fused-ring (bicyclic) bond motifs is 2. The molecule has 0 unspecified atom stereocenters. The molecule has 4 aromatic heterocycles. The van der Waals surface area contributed by atoms with Gasteiger partial charge in [0.25, 0.3) is 11.6 Å². The fraction of sp³-hybridized carbons (Fsp3) is 0.0909. The first-order valence-corrected chi connectivity index (χ1v) is 9.99. The van der Waals surface area contributed by atoms with Crippen LogP contribution in [0.15, 0.2) is 62.3 Å². The fourth-order valence-electron chi connectivity index (χ4n) is 3.32. The average Bonchev–Trinajstić information content (AvgIpc) is 3.33. The molecule has 1 aromatic carbocycles. The molecule has 0 aliphatic rings. The number of pyridine rings is 1. The molecule has 0 aliphatic carbocycles. The molecule has 8 heteroatoms. The second kappa shape index (κ2) is 6.93. The summed E-state index contributed by atoms with van der Waals surface area (Å²) in [6, 6.07) is 13.8. The standard InChI is InChI=1S/C22H15N3O4S/c1-11-3-7-18(30-11)16-10-15(20-12(2)25-29-22(20)24-16)21(27)23-14-5-6-17-13(9-14)4-8-19(26)28-17/h3-10H,1-2H3,(H,23,27). The summed E-state index contributed by atoms with van der Waals surface area (Å²) in [7, 11) is 0. The van der Waals surface area contributed by atoms with Crippen LogP contribution >= 0.6 is 11.3 Å². The zero-order chi connectivity index (χ0) is 20.8. The molecular formula is C22H15N3O4S. The van der Waals surface area contributed by atoms with Gasteiger partial charge in [0.05, 0.1) is 27.2 Å². The van der Waals surface area contributed by atoms with Crippen LogP contribution in [0, 0.1) is 13.8 Å². The topological polar surface area (TPSA) is 98.2 Å². The molecule has 30 heavy (non-hydrogen) atoms. The summed E-state index contributed by atoms with van der Waals surface area (Å²) in [5.41, 5.74) is 2.61. The zero-order valence-corrected chi connectivity index (χ0v) is 16.9. The van der Waals surface area contributed by atoms with Crippen LogP contribution in [0.1, 0.15) is 20.9 Å². The lowest BCUT2D eigenvalue weighted by molar-refractivity contribution is 0.102. The lowest BCUT2D eigenvalue weighted by atomic mass is 10.1. The third-order valence-corrected chi connectivity index (χ3v) is 5.75. The third-order valence-electron chi connectivity index (χ3n) is 4.73. The van der Waals surface area contributed by atoms with Crippen molar-refractivity contribution < 1.29 is 13.7 Å². The number of amides is 1. The van der Waals surface area contributed by atoms with Gasteiger partial charge in [-0.15, -0.1) is 11.3 Å². The average molecular weight is 417 g/mol. The van der Waals surface area contributed by atoms with Crippen LogP contribution in [0.5, 0.6) is 0 Å². The van der Waals surface area contributed by atoms with E-state index in [0.717, 1.165) is 9.75 Å². The predicted molar refractivity (Wildman–Crippen MR) is 115 cm³/mol. The summed E-state index contributed by atoms with van der Waals surface area (Å²) in [6.07, 6.45) is 0. The number of aryl methyl sites for hydroxylation is 2. The van der Waals surface area contributed by atoms with Gasteiger partial charge in [0, 0.05) is 22.0 Å². The largest absolute Gasteiger partial charge is 0.423 e. The highest BCUT2D eigenvalue weighted by molar-refractivity contribution is 7.15. The van der Waals surface area contributed by atoms with Gasteiger partial charge in [-0.2, -0.15) is 0 Å². The number of hydrogen-bond acceptors (Lipinski definition) is 7. The van der Waals surface area contributed by atoms with E-state index in [1.807, 2.05) is 19.1 Å². The Morgan fingerprint density at radius 1 is 1.07 bits per heavy atom. The van der Waals surface area contributed by atoms with Crippen LogP contribution in [0.3, 0.4) is 0 Å². The molecule has 4 heterocycles. The smallest absolute Gasteiger partial charge is 0.336 e. The number of carbonyl (C=O) groups excluding carboxylic acids is 1. The number of nitrogens with zero attached hydrogens (tertiary/aromatic N) is 2. The quantitative estimate of drug-likeness (QED) is 0.418. The van der Waals surface area contributed by atoms with Crippen LogP contribution in [-0.4, -0.2) is 16.0 Å². The van der Waals surface area contributed by atoms with Crippen molar-refractivity contribution in [2.24, 2.45) is 0 Å². The van der Waals surface area contributed by atoms with Crippen molar-refractivity contribution in [1.29, 1.82) is 0 Å². The van der Waals surface area contributed by atoms with Gasteiger partial charge in [-0.25, -0.2) is 9.78 Å². The van der Waals surface area contributed by atoms with E-state index in [0.29, 0.717) is 44.7 Å². The van der Waals surface area contributed by atoms with Crippen LogP contribution < -0.4 is 10.9 Å². The molecule has 1 amide bonds. The molecule has 0 saturated carbocycles. The lowest BCUT2D eigenvalue weighted by Gasteiger charge is -2.08. The Labute approximate surface area is 174 Å². The fourth-order valence-corrected chi connectivity index (χ4v) is 4.15. The van der Waals surface area contributed by atoms with Crippen LogP contribution in [0.2, 0.25) is 0 Å². The Hall–Kier alpha value is -3.78. The molecule has 0 fully saturated rings. The van der Waals surface area contributed by atoms with Crippen molar-refractivity contribution in [1.82, 2.24) is 10.1 Å². The van der Waals surface area contributed by atoms with Crippen LogP contribution in [-0.2, 0) is 0 Å². The van der Waals surface area contributed by atoms with E-state index >= 15 is 0 Å². The lowest BCUT2D eigenvalue weighted by Crippen LogP contribution is -2.13. The first-order valence-electron chi connectivity index (χ1n) is 9.17. The van der Waals surface area contributed by atoms with Crippen LogP contribution in [0.4, 0.5) is 5.69 Å². The normalized spacial score (nSPS) is 11.3. The molecule has 5 aromatic rings. The van der Waals surface area contributed by atoms with E-state index in [4.69, 9.17) is 8.94 Å². The number of anilines is 1. The maximum atomic E-state index is 13.2. The van der Waals surface area contributed by atoms with Gasteiger partial charge in [0.15, 0.2) is 0 Å². The van der Waals surface area contributed by atoms with Gasteiger partial charge in [0.1, 0.15) is 5.58 Å². The van der Waals surface area contributed by atoms with E-state index in [-0.39, 0.29) is 5.91 Å². The Morgan fingerprint density at radius 2 is 1.93 bits per heavy atom. The summed E-state index contributed by atoms with van der Waals surface area (Å²) in [5.74, 6) is -0.306. The summed E-state index contributed by atoms with van der Waals surface area (Å²) < 4.78 is 10.5. The maximum Gasteiger partial charge on any atom is 0.336 e. The first-order chi connectivity index (χ1) is 14.5. The molecule has 7 nitrogen and oxygen atoms in total. The molecular weight excluding hydrogens is 402 g/mol. The van der Waals surface area contributed by atoms with Gasteiger partial charge in [0.2, 0.25) is 0 Å². The minimum absolute atomic E-state index is 0.306. The molecule has 0 aliphatic heterocycles. The number of nitrogens with one attached hydrogen (secondary N) is 1. The predicted octanol–water partition coefficient (Wildman–Crippen LogP) is 4.93. The highest BCUT2D eigenvalue weighted by Crippen LogP contribution is 2.31. The van der Waals surface area contributed by atoms with E-state index in [1.165, 1.54) is 6.07 Å². The Kier molecular flexibility index (Phi) is 4.22. The molecule has 0 atom stereocenters. The maximum absolute atomic E-state index is 13.2. The number of carbonyl (C=O) groups is 1. The molecule has 1 N–H and O–H groups in total. The Balaban J connectivity index is 1.57.